The summed E-state index contributed by atoms with van der Waals surface area (Å²) in [5, 5.41) is 5.63. The molecule has 4 rings (SSSR count). The summed E-state index contributed by atoms with van der Waals surface area (Å²) in [5.74, 6) is 1.58. The van der Waals surface area contributed by atoms with Crippen LogP contribution in [0, 0.1) is 5.92 Å². The molecule has 0 unspecified atom stereocenters. The first-order valence-corrected chi connectivity index (χ1v) is 11.7. The highest BCUT2D eigenvalue weighted by molar-refractivity contribution is 6.28. The number of fused-ring (bicyclic) bond motifs is 1. The van der Waals surface area contributed by atoms with Crippen LogP contribution in [-0.2, 0) is 0 Å². The Labute approximate surface area is 179 Å². The average molecular weight is 422 g/mol. The van der Waals surface area contributed by atoms with E-state index in [-0.39, 0.29) is 5.28 Å². The highest BCUT2D eigenvalue weighted by Gasteiger charge is 2.23. The summed E-state index contributed by atoms with van der Waals surface area (Å²) in [5.41, 5.74) is 5.11. The first kappa shape index (κ1) is 22.2. The summed E-state index contributed by atoms with van der Waals surface area (Å²) in [6.07, 6.45) is 10.6. The predicted molar refractivity (Wildman–Crippen MR) is 120 cm³/mol. The van der Waals surface area contributed by atoms with E-state index in [2.05, 4.69) is 56.0 Å². The van der Waals surface area contributed by atoms with Gasteiger partial charge in [-0.3, -0.25) is 0 Å². The largest absolute Gasteiger partial charge is 0.317 e. The summed E-state index contributed by atoms with van der Waals surface area (Å²) in [6.45, 7) is 10.7. The van der Waals surface area contributed by atoms with Crippen LogP contribution in [0.3, 0.4) is 0 Å². The minimum Gasteiger partial charge on any atom is -0.317 e. The Kier molecular flexibility index (Phi) is 8.51. The molecule has 2 N–H and O–H groups in total. The quantitative estimate of drug-likeness (QED) is 0.661. The van der Waals surface area contributed by atoms with Gasteiger partial charge in [0.25, 0.3) is 0 Å². The zero-order valence-corrected chi connectivity index (χ0v) is 18.9. The van der Waals surface area contributed by atoms with E-state index in [9.17, 15) is 0 Å². The molecule has 1 aliphatic carbocycles. The fraction of sp³-hybridized carbons (Fsp3) is 0.762. The lowest BCUT2D eigenvalue weighted by atomic mass is 9.95. The Hall–Kier alpha value is -1.44. The number of halogens is 1. The van der Waals surface area contributed by atoms with Gasteiger partial charge in [0.2, 0.25) is 5.28 Å². The van der Waals surface area contributed by atoms with Gasteiger partial charge in [-0.05, 0) is 56.3 Å². The number of hydrogen-bond acceptors (Lipinski definition) is 6. The smallest absolute Gasteiger partial charge is 0.226 e. The minimum atomic E-state index is 0.285. The van der Waals surface area contributed by atoms with E-state index in [4.69, 9.17) is 11.6 Å². The molecular weight excluding hydrogens is 386 g/mol. The number of aromatic nitrogens is 4. The predicted octanol–water partition coefficient (Wildman–Crippen LogP) is 4.66. The molecule has 0 atom stereocenters. The Morgan fingerprint density at radius 1 is 1.03 bits per heavy atom. The summed E-state index contributed by atoms with van der Waals surface area (Å²) < 4.78 is 2.18. The Balaban J connectivity index is 0.000000431. The van der Waals surface area contributed by atoms with Crippen molar-refractivity contribution in [1.29, 1.82) is 0 Å². The highest BCUT2D eigenvalue weighted by Crippen LogP contribution is 2.33. The SMILES string of the molecule is CCC1CCN(Nc2nc(Cl)nc3c2ncn3C2CCCC2)CC1.CCNCC. The average Bonchev–Trinajstić information content (AvgIpc) is 3.39. The Bertz CT molecular complexity index is 747. The third-order valence-corrected chi connectivity index (χ3v) is 6.24. The molecule has 2 aliphatic rings. The van der Waals surface area contributed by atoms with Crippen LogP contribution in [0.25, 0.3) is 11.2 Å². The number of hydrazine groups is 1. The standard InChI is InChI=1S/C17H25ClN6.C4H11N/c1-2-12-7-9-23(10-8-12)22-15-14-16(21-17(18)20-15)24(11-19-14)13-5-3-4-6-13;1-3-5-4-2/h11-13H,2-10H2,1H3,(H,20,21,22);5H,3-4H2,1-2H3. The summed E-state index contributed by atoms with van der Waals surface area (Å²) in [4.78, 5) is 13.4. The van der Waals surface area contributed by atoms with Gasteiger partial charge in [-0.1, -0.05) is 40.0 Å². The van der Waals surface area contributed by atoms with Gasteiger partial charge in [0, 0.05) is 19.1 Å². The fourth-order valence-electron chi connectivity index (χ4n) is 4.27. The van der Waals surface area contributed by atoms with Gasteiger partial charge < -0.3 is 15.3 Å². The van der Waals surface area contributed by atoms with E-state index in [0.717, 1.165) is 49.1 Å². The first-order valence-electron chi connectivity index (χ1n) is 11.3. The number of piperidine rings is 1. The van der Waals surface area contributed by atoms with Crippen LogP contribution < -0.4 is 10.7 Å². The van der Waals surface area contributed by atoms with E-state index in [0.29, 0.717) is 6.04 Å². The molecule has 0 spiro atoms. The normalized spacial score (nSPS) is 18.8. The van der Waals surface area contributed by atoms with E-state index in [1.807, 2.05) is 6.33 Å². The molecule has 2 fully saturated rings. The summed E-state index contributed by atoms with van der Waals surface area (Å²) in [6, 6.07) is 0.495. The van der Waals surface area contributed by atoms with Crippen LogP contribution in [0.5, 0.6) is 0 Å². The number of anilines is 1. The van der Waals surface area contributed by atoms with Crippen LogP contribution in [0.4, 0.5) is 5.82 Å². The zero-order valence-electron chi connectivity index (χ0n) is 18.1. The molecule has 29 heavy (non-hydrogen) atoms. The maximum atomic E-state index is 6.20. The fourth-order valence-corrected chi connectivity index (χ4v) is 4.43. The minimum absolute atomic E-state index is 0.285. The van der Waals surface area contributed by atoms with Gasteiger partial charge >= 0.3 is 0 Å². The molecule has 3 heterocycles. The van der Waals surface area contributed by atoms with E-state index < -0.39 is 0 Å². The van der Waals surface area contributed by atoms with Gasteiger partial charge in [0.15, 0.2) is 17.0 Å². The van der Waals surface area contributed by atoms with Crippen molar-refractivity contribution in [1.82, 2.24) is 29.8 Å². The number of hydrogen-bond donors (Lipinski definition) is 2. The first-order chi connectivity index (χ1) is 14.2. The second-order valence-corrected chi connectivity index (χ2v) is 8.35. The topological polar surface area (TPSA) is 70.9 Å². The number of nitrogens with one attached hydrogen (secondary N) is 2. The molecule has 0 amide bonds. The molecule has 0 aromatic carbocycles. The third kappa shape index (κ3) is 5.80. The van der Waals surface area contributed by atoms with Gasteiger partial charge in [0.1, 0.15) is 0 Å². The number of rotatable bonds is 6. The molecule has 7 nitrogen and oxygen atoms in total. The lowest BCUT2D eigenvalue weighted by Gasteiger charge is -2.31. The maximum absolute atomic E-state index is 6.20. The van der Waals surface area contributed by atoms with Gasteiger partial charge in [-0.15, -0.1) is 0 Å². The summed E-state index contributed by atoms with van der Waals surface area (Å²) in [7, 11) is 0. The van der Waals surface area contributed by atoms with Crippen LogP contribution in [0.15, 0.2) is 6.33 Å². The van der Waals surface area contributed by atoms with Crippen molar-refractivity contribution < 1.29 is 0 Å². The van der Waals surface area contributed by atoms with Crippen molar-refractivity contribution in [3.63, 3.8) is 0 Å². The van der Waals surface area contributed by atoms with E-state index in [1.54, 1.807) is 0 Å². The van der Waals surface area contributed by atoms with Crippen molar-refractivity contribution in [3.05, 3.63) is 11.6 Å². The van der Waals surface area contributed by atoms with Gasteiger partial charge in [-0.25, -0.2) is 9.99 Å². The molecule has 162 valence electrons. The molecule has 1 saturated carbocycles. The molecule has 0 bridgehead atoms. The molecule has 1 aliphatic heterocycles. The van der Waals surface area contributed by atoms with Gasteiger partial charge in [-0.2, -0.15) is 9.97 Å². The second kappa shape index (κ2) is 11.1. The van der Waals surface area contributed by atoms with Crippen molar-refractivity contribution in [2.45, 2.75) is 71.8 Å². The van der Waals surface area contributed by atoms with Crippen LogP contribution in [-0.4, -0.2) is 50.7 Å². The third-order valence-electron chi connectivity index (χ3n) is 6.07. The van der Waals surface area contributed by atoms with Crippen molar-refractivity contribution in [2.24, 2.45) is 5.92 Å². The molecule has 1 saturated heterocycles. The molecule has 8 heteroatoms. The summed E-state index contributed by atoms with van der Waals surface area (Å²) >= 11 is 6.20. The molecule has 2 aromatic rings. The molecular formula is C21H36ClN7. The zero-order chi connectivity index (χ0) is 20.6. The number of nitrogens with zero attached hydrogens (tertiary/aromatic N) is 5. The van der Waals surface area contributed by atoms with Crippen molar-refractivity contribution in [2.75, 3.05) is 31.6 Å². The Morgan fingerprint density at radius 3 is 2.31 bits per heavy atom. The van der Waals surface area contributed by atoms with Crippen LogP contribution >= 0.6 is 11.6 Å². The highest BCUT2D eigenvalue weighted by atomic mass is 35.5. The second-order valence-electron chi connectivity index (χ2n) is 8.01. The van der Waals surface area contributed by atoms with Crippen LogP contribution in [0.1, 0.15) is 71.8 Å². The molecule has 2 aromatic heterocycles. The van der Waals surface area contributed by atoms with Crippen LogP contribution in [0.2, 0.25) is 5.28 Å². The van der Waals surface area contributed by atoms with E-state index in [1.165, 1.54) is 44.9 Å². The van der Waals surface area contributed by atoms with Crippen molar-refractivity contribution in [3.8, 4) is 0 Å². The number of imidazole rings is 1. The monoisotopic (exact) mass is 421 g/mol. The van der Waals surface area contributed by atoms with Crippen molar-refractivity contribution >= 4 is 28.6 Å². The lowest BCUT2D eigenvalue weighted by molar-refractivity contribution is 0.213. The Morgan fingerprint density at radius 2 is 1.72 bits per heavy atom. The van der Waals surface area contributed by atoms with E-state index >= 15 is 0 Å². The maximum Gasteiger partial charge on any atom is 0.226 e. The lowest BCUT2D eigenvalue weighted by Crippen LogP contribution is -2.38. The van der Waals surface area contributed by atoms with Gasteiger partial charge in [0.05, 0.1) is 6.33 Å². The molecule has 0 radical (unpaired) electrons.